The number of nitrogens with one attached hydrogen (secondary N) is 3. The lowest BCUT2D eigenvalue weighted by atomic mass is 10.0. The first-order valence-electron chi connectivity index (χ1n) is 4.74. The summed E-state index contributed by atoms with van der Waals surface area (Å²) >= 11 is 0. The summed E-state index contributed by atoms with van der Waals surface area (Å²) < 4.78 is 0. The molecule has 1 aromatic heterocycles. The minimum atomic E-state index is 0.433. The Morgan fingerprint density at radius 2 is 2.38 bits per heavy atom. The van der Waals surface area contributed by atoms with Crippen molar-refractivity contribution in [2.75, 3.05) is 6.54 Å². The second-order valence-electron chi connectivity index (χ2n) is 3.50. The van der Waals surface area contributed by atoms with Gasteiger partial charge in [0.25, 0.3) is 0 Å². The van der Waals surface area contributed by atoms with E-state index in [4.69, 9.17) is 5.73 Å². The molecule has 4 nitrogen and oxygen atoms in total. The van der Waals surface area contributed by atoms with Crippen molar-refractivity contribution in [3.05, 3.63) is 24.0 Å². The molecule has 1 fully saturated rings. The van der Waals surface area contributed by atoms with E-state index in [1.807, 2.05) is 12.4 Å². The maximum Gasteiger partial charge on any atom is 0.0492 e. The Bertz CT molecular complexity index is 244. The number of hydrogen-bond donors (Lipinski definition) is 4. The first kappa shape index (κ1) is 8.74. The molecule has 2 atom stereocenters. The number of nitrogens with two attached hydrogens (primary N) is 1. The molecule has 2 heterocycles. The highest BCUT2D eigenvalue weighted by Gasteiger charge is 2.24. The highest BCUT2D eigenvalue weighted by molar-refractivity contribution is 5.15. The van der Waals surface area contributed by atoms with E-state index in [-0.39, 0.29) is 0 Å². The van der Waals surface area contributed by atoms with Crippen LogP contribution in [0.3, 0.4) is 0 Å². The first-order chi connectivity index (χ1) is 6.40. The monoisotopic (exact) mass is 180 g/mol. The van der Waals surface area contributed by atoms with Crippen LogP contribution in [-0.2, 0) is 0 Å². The predicted molar refractivity (Wildman–Crippen MR) is 51.9 cm³/mol. The van der Waals surface area contributed by atoms with Gasteiger partial charge < -0.3 is 10.7 Å². The van der Waals surface area contributed by atoms with Gasteiger partial charge in [-0.05, 0) is 31.0 Å². The molecular formula is C9H16N4. The van der Waals surface area contributed by atoms with Crippen molar-refractivity contribution in [2.24, 2.45) is 5.73 Å². The fraction of sp³-hybridized carbons (Fsp3) is 0.556. The molecule has 5 N–H and O–H groups in total. The molecule has 72 valence electrons. The average molecular weight is 180 g/mol. The van der Waals surface area contributed by atoms with Crippen LogP contribution < -0.4 is 16.6 Å². The summed E-state index contributed by atoms with van der Waals surface area (Å²) in [6.07, 6.45) is 6.14. The van der Waals surface area contributed by atoms with Crippen LogP contribution in [0.15, 0.2) is 18.5 Å². The highest BCUT2D eigenvalue weighted by Crippen LogP contribution is 2.22. The molecular weight excluding hydrogens is 164 g/mol. The second-order valence-corrected chi connectivity index (χ2v) is 3.50. The van der Waals surface area contributed by atoms with E-state index in [0.717, 1.165) is 19.4 Å². The van der Waals surface area contributed by atoms with Gasteiger partial charge in [-0.3, -0.25) is 5.43 Å². The molecule has 4 heteroatoms. The van der Waals surface area contributed by atoms with Gasteiger partial charge in [-0.1, -0.05) is 0 Å². The van der Waals surface area contributed by atoms with Crippen LogP contribution in [0.25, 0.3) is 0 Å². The number of hydrogen-bond acceptors (Lipinski definition) is 3. The molecule has 1 aliphatic heterocycles. The molecule has 0 spiro atoms. The van der Waals surface area contributed by atoms with Crippen molar-refractivity contribution in [1.82, 2.24) is 15.8 Å². The van der Waals surface area contributed by atoms with Gasteiger partial charge in [-0.15, -0.1) is 0 Å². The van der Waals surface area contributed by atoms with Crippen molar-refractivity contribution in [1.29, 1.82) is 0 Å². The molecule has 13 heavy (non-hydrogen) atoms. The summed E-state index contributed by atoms with van der Waals surface area (Å²) in [5.41, 5.74) is 13.3. The van der Waals surface area contributed by atoms with Crippen LogP contribution in [0, 0.1) is 0 Å². The summed E-state index contributed by atoms with van der Waals surface area (Å²) in [5.74, 6) is 0. The van der Waals surface area contributed by atoms with Gasteiger partial charge in [0.2, 0.25) is 0 Å². The topological polar surface area (TPSA) is 65.9 Å². The lowest BCUT2D eigenvalue weighted by molar-refractivity contribution is 0.521. The minimum absolute atomic E-state index is 0.433. The Labute approximate surface area is 77.9 Å². The number of aromatic amines is 1. The summed E-state index contributed by atoms with van der Waals surface area (Å²) in [5, 5.41) is 0. The zero-order valence-corrected chi connectivity index (χ0v) is 7.59. The highest BCUT2D eigenvalue weighted by atomic mass is 15.4. The Hall–Kier alpha value is -0.840. The van der Waals surface area contributed by atoms with Crippen LogP contribution in [0.1, 0.15) is 24.4 Å². The lowest BCUT2D eigenvalue weighted by Crippen LogP contribution is -2.32. The van der Waals surface area contributed by atoms with Crippen molar-refractivity contribution >= 4 is 0 Å². The fourth-order valence-corrected chi connectivity index (χ4v) is 1.78. The van der Waals surface area contributed by atoms with Gasteiger partial charge in [0.05, 0.1) is 0 Å². The third-order valence-corrected chi connectivity index (χ3v) is 2.52. The fourth-order valence-electron chi connectivity index (χ4n) is 1.78. The normalized spacial score (nSPS) is 28.1. The summed E-state index contributed by atoms with van der Waals surface area (Å²) in [4.78, 5) is 3.06. The van der Waals surface area contributed by atoms with Crippen LogP contribution in [-0.4, -0.2) is 17.6 Å². The van der Waals surface area contributed by atoms with Gasteiger partial charge in [0.15, 0.2) is 0 Å². The van der Waals surface area contributed by atoms with E-state index in [2.05, 4.69) is 21.9 Å². The summed E-state index contributed by atoms with van der Waals surface area (Å²) in [6.45, 7) is 0.749. The summed E-state index contributed by atoms with van der Waals surface area (Å²) in [6, 6.07) is 3.05. The van der Waals surface area contributed by atoms with Gasteiger partial charge in [-0.2, -0.15) is 0 Å². The number of aromatic nitrogens is 1. The number of hydrazine groups is 1. The third-order valence-electron chi connectivity index (χ3n) is 2.52. The Balaban J connectivity index is 1.91. The lowest BCUT2D eigenvalue weighted by Gasteiger charge is -2.05. The van der Waals surface area contributed by atoms with E-state index in [1.165, 1.54) is 5.56 Å². The molecule has 0 aliphatic carbocycles. The van der Waals surface area contributed by atoms with Crippen molar-refractivity contribution < 1.29 is 0 Å². The molecule has 0 radical (unpaired) electrons. The largest absolute Gasteiger partial charge is 0.367 e. The second kappa shape index (κ2) is 3.91. The van der Waals surface area contributed by atoms with Crippen molar-refractivity contribution in [3.8, 4) is 0 Å². The van der Waals surface area contributed by atoms with E-state index in [9.17, 15) is 0 Å². The van der Waals surface area contributed by atoms with Crippen LogP contribution in [0.4, 0.5) is 0 Å². The van der Waals surface area contributed by atoms with E-state index >= 15 is 0 Å². The van der Waals surface area contributed by atoms with E-state index in [0.29, 0.717) is 12.1 Å². The van der Waals surface area contributed by atoms with Gasteiger partial charge in [-0.25, -0.2) is 5.43 Å². The minimum Gasteiger partial charge on any atom is -0.367 e. The van der Waals surface area contributed by atoms with E-state index < -0.39 is 0 Å². The molecule has 0 saturated carbocycles. The van der Waals surface area contributed by atoms with Crippen LogP contribution in [0.2, 0.25) is 0 Å². The zero-order chi connectivity index (χ0) is 9.10. The average Bonchev–Trinajstić information content (AvgIpc) is 2.70. The maximum absolute atomic E-state index is 5.50. The molecule has 2 unspecified atom stereocenters. The Morgan fingerprint density at radius 1 is 1.46 bits per heavy atom. The van der Waals surface area contributed by atoms with E-state index in [1.54, 1.807) is 0 Å². The first-order valence-corrected chi connectivity index (χ1v) is 4.74. The molecule has 0 aromatic carbocycles. The number of H-pyrrole nitrogens is 1. The Morgan fingerprint density at radius 3 is 3.08 bits per heavy atom. The maximum atomic E-state index is 5.50. The molecule has 0 amide bonds. The zero-order valence-electron chi connectivity index (χ0n) is 7.59. The van der Waals surface area contributed by atoms with Gasteiger partial charge in [0, 0.05) is 24.5 Å². The number of rotatable bonds is 3. The third kappa shape index (κ3) is 1.91. The Kier molecular flexibility index (Phi) is 2.63. The smallest absolute Gasteiger partial charge is 0.0492 e. The van der Waals surface area contributed by atoms with Gasteiger partial charge in [0.1, 0.15) is 0 Å². The van der Waals surface area contributed by atoms with Crippen LogP contribution >= 0.6 is 0 Å². The summed E-state index contributed by atoms with van der Waals surface area (Å²) in [7, 11) is 0. The SMILES string of the molecule is NCCC1CC(c2cc[nH]c2)NN1. The predicted octanol–water partition coefficient (Wildman–Crippen LogP) is 0.271. The van der Waals surface area contributed by atoms with Crippen LogP contribution in [0.5, 0.6) is 0 Å². The van der Waals surface area contributed by atoms with Crippen molar-refractivity contribution in [3.63, 3.8) is 0 Å². The van der Waals surface area contributed by atoms with Gasteiger partial charge >= 0.3 is 0 Å². The molecule has 1 aromatic rings. The molecule has 1 saturated heterocycles. The quantitative estimate of drug-likeness (QED) is 0.540. The molecule has 0 bridgehead atoms. The van der Waals surface area contributed by atoms with Crippen molar-refractivity contribution in [2.45, 2.75) is 24.9 Å². The molecule has 1 aliphatic rings. The standard InChI is InChI=1S/C9H16N4/c10-3-1-8-5-9(13-12-8)7-2-4-11-6-7/h2,4,6,8-9,11-13H,1,3,5,10H2. The molecule has 2 rings (SSSR count).